The Morgan fingerprint density at radius 2 is 2.17 bits per heavy atom. The molecule has 4 heteroatoms. The third-order valence-electron chi connectivity index (χ3n) is 6.95. The first-order valence-electron chi connectivity index (χ1n) is 10.0. The van der Waals surface area contributed by atoms with Crippen molar-refractivity contribution in [3.63, 3.8) is 0 Å². The van der Waals surface area contributed by atoms with Crippen LogP contribution in [0.4, 0.5) is 0 Å². The van der Waals surface area contributed by atoms with E-state index in [1.165, 1.54) is 62.7 Å². The van der Waals surface area contributed by atoms with E-state index < -0.39 is 0 Å². The molecule has 3 unspecified atom stereocenters. The van der Waals surface area contributed by atoms with Gasteiger partial charge in [0.1, 0.15) is 5.82 Å². The largest absolute Gasteiger partial charge is 0.378 e. The van der Waals surface area contributed by atoms with Gasteiger partial charge >= 0.3 is 0 Å². The molecule has 0 N–H and O–H groups in total. The van der Waals surface area contributed by atoms with Crippen LogP contribution in [0.15, 0.2) is 6.20 Å². The minimum absolute atomic E-state index is 0.461. The summed E-state index contributed by atoms with van der Waals surface area (Å²) in [6, 6.07) is 1.26. The van der Waals surface area contributed by atoms with E-state index in [1.54, 1.807) is 0 Å². The summed E-state index contributed by atoms with van der Waals surface area (Å²) < 4.78 is 6.19. The summed E-state index contributed by atoms with van der Waals surface area (Å²) in [5, 5.41) is 0. The molecule has 0 amide bonds. The molecule has 4 heterocycles. The Kier molecular flexibility index (Phi) is 3.67. The molecule has 4 aliphatic rings. The Hall–Kier alpha value is -1.00. The van der Waals surface area contributed by atoms with Crippen molar-refractivity contribution in [2.45, 2.75) is 82.9 Å². The number of hydrogen-bond donors (Lipinski definition) is 0. The normalized spacial score (nSPS) is 34.1. The highest BCUT2D eigenvalue weighted by atomic mass is 16.5. The van der Waals surface area contributed by atoms with E-state index in [1.807, 2.05) is 0 Å². The quantitative estimate of drug-likeness (QED) is 0.849. The molecule has 5 rings (SSSR count). The zero-order valence-corrected chi connectivity index (χ0v) is 14.8. The number of fused-ring (bicyclic) bond motifs is 4. The summed E-state index contributed by atoms with van der Waals surface area (Å²) >= 11 is 0. The molecule has 24 heavy (non-hydrogen) atoms. The van der Waals surface area contributed by atoms with Gasteiger partial charge in [0.2, 0.25) is 0 Å². The lowest BCUT2D eigenvalue weighted by Crippen LogP contribution is -2.45. The molecule has 0 radical (unpaired) electrons. The Labute approximate surface area is 145 Å². The van der Waals surface area contributed by atoms with E-state index in [0.717, 1.165) is 25.3 Å². The summed E-state index contributed by atoms with van der Waals surface area (Å²) in [7, 11) is 0. The average Bonchev–Trinajstić information content (AvgIpc) is 3.36. The van der Waals surface area contributed by atoms with Crippen molar-refractivity contribution in [3.05, 3.63) is 23.3 Å². The van der Waals surface area contributed by atoms with E-state index in [4.69, 9.17) is 9.72 Å². The predicted molar refractivity (Wildman–Crippen MR) is 92.8 cm³/mol. The molecular weight excluding hydrogens is 298 g/mol. The Morgan fingerprint density at radius 1 is 1.25 bits per heavy atom. The van der Waals surface area contributed by atoms with Crippen molar-refractivity contribution in [2.24, 2.45) is 5.41 Å². The van der Waals surface area contributed by atoms with Gasteiger partial charge in [-0.1, -0.05) is 6.92 Å². The van der Waals surface area contributed by atoms with Crippen LogP contribution < -0.4 is 0 Å². The summed E-state index contributed by atoms with van der Waals surface area (Å²) in [4.78, 5) is 12.3. The molecule has 3 fully saturated rings. The van der Waals surface area contributed by atoms with Crippen LogP contribution in [0.3, 0.4) is 0 Å². The van der Waals surface area contributed by atoms with E-state index in [-0.39, 0.29) is 0 Å². The van der Waals surface area contributed by atoms with E-state index in [0.29, 0.717) is 23.6 Å². The van der Waals surface area contributed by atoms with Crippen LogP contribution >= 0.6 is 0 Å². The maximum atomic E-state index is 6.19. The van der Waals surface area contributed by atoms with E-state index in [9.17, 15) is 0 Å². The smallest absolute Gasteiger partial charge is 0.128 e. The molecule has 3 atom stereocenters. The number of rotatable bonds is 4. The van der Waals surface area contributed by atoms with Gasteiger partial charge in [0.15, 0.2) is 0 Å². The van der Waals surface area contributed by atoms with Crippen LogP contribution in [-0.4, -0.2) is 40.2 Å². The second kappa shape index (κ2) is 5.77. The fourth-order valence-electron chi connectivity index (χ4n) is 5.36. The maximum absolute atomic E-state index is 6.19. The molecule has 4 nitrogen and oxygen atoms in total. The van der Waals surface area contributed by atoms with Crippen molar-refractivity contribution in [1.82, 2.24) is 14.9 Å². The fraction of sp³-hybridized carbons (Fsp3) is 0.800. The Morgan fingerprint density at radius 3 is 2.92 bits per heavy atom. The molecule has 1 aromatic heterocycles. The van der Waals surface area contributed by atoms with Gasteiger partial charge in [-0.05, 0) is 44.9 Å². The third kappa shape index (κ3) is 2.41. The van der Waals surface area contributed by atoms with Crippen LogP contribution in [0.2, 0.25) is 0 Å². The fourth-order valence-corrected chi connectivity index (χ4v) is 5.36. The minimum atomic E-state index is 0.461. The second-order valence-corrected chi connectivity index (χ2v) is 8.38. The van der Waals surface area contributed by atoms with Gasteiger partial charge in [-0.25, -0.2) is 9.97 Å². The number of aromatic nitrogens is 2. The molecule has 130 valence electrons. The summed E-state index contributed by atoms with van der Waals surface area (Å²) in [5.41, 5.74) is 3.22. The van der Waals surface area contributed by atoms with Gasteiger partial charge in [0.05, 0.1) is 11.8 Å². The van der Waals surface area contributed by atoms with Crippen LogP contribution in [0, 0.1) is 5.41 Å². The monoisotopic (exact) mass is 327 g/mol. The second-order valence-electron chi connectivity index (χ2n) is 8.38. The van der Waals surface area contributed by atoms with Gasteiger partial charge in [0, 0.05) is 55.3 Å². The first kappa shape index (κ1) is 15.3. The highest BCUT2D eigenvalue weighted by molar-refractivity contribution is 5.29. The standard InChI is InChI=1S/C20H29N3O/c1-2-19-21-12-15-16(22-19)11-14-6-7-17(15)23(14)13-20(8-9-20)18-5-3-4-10-24-18/h12,14,17-18H,2-11,13H2,1H3. The van der Waals surface area contributed by atoms with Crippen molar-refractivity contribution < 1.29 is 4.74 Å². The highest BCUT2D eigenvalue weighted by Gasteiger charge is 2.54. The Bertz CT molecular complexity index is 621. The molecule has 3 aliphatic heterocycles. The zero-order chi connectivity index (χ0) is 16.1. The number of hydrogen-bond acceptors (Lipinski definition) is 4. The van der Waals surface area contributed by atoms with Crippen LogP contribution in [-0.2, 0) is 17.6 Å². The van der Waals surface area contributed by atoms with Crippen molar-refractivity contribution >= 4 is 0 Å². The molecular formula is C20H29N3O. The molecule has 0 aromatic carbocycles. The third-order valence-corrected chi connectivity index (χ3v) is 6.95. The lowest BCUT2D eigenvalue weighted by molar-refractivity contribution is -0.0457. The number of aryl methyl sites for hydroxylation is 1. The molecule has 1 aliphatic carbocycles. The number of nitrogens with zero attached hydrogens (tertiary/aromatic N) is 3. The molecule has 1 saturated carbocycles. The van der Waals surface area contributed by atoms with Gasteiger partial charge in [0.25, 0.3) is 0 Å². The topological polar surface area (TPSA) is 38.2 Å². The average molecular weight is 327 g/mol. The summed E-state index contributed by atoms with van der Waals surface area (Å²) in [6.07, 6.45) is 14.0. The summed E-state index contributed by atoms with van der Waals surface area (Å²) in [6.45, 7) is 4.37. The first-order chi connectivity index (χ1) is 11.8. The number of ether oxygens (including phenoxy) is 1. The van der Waals surface area contributed by atoms with Crippen LogP contribution in [0.5, 0.6) is 0 Å². The maximum Gasteiger partial charge on any atom is 0.128 e. The first-order valence-corrected chi connectivity index (χ1v) is 10.0. The van der Waals surface area contributed by atoms with Gasteiger partial charge in [-0.3, -0.25) is 4.90 Å². The van der Waals surface area contributed by atoms with Gasteiger partial charge in [-0.2, -0.15) is 0 Å². The van der Waals surface area contributed by atoms with Crippen molar-refractivity contribution in [1.29, 1.82) is 0 Å². The van der Waals surface area contributed by atoms with E-state index >= 15 is 0 Å². The van der Waals surface area contributed by atoms with Crippen molar-refractivity contribution in [2.75, 3.05) is 13.2 Å². The molecule has 2 saturated heterocycles. The SMILES string of the molecule is CCc1ncc2c(n1)CC1CCC2N1CC1(C2CCCCO2)CC1. The highest BCUT2D eigenvalue weighted by Crippen LogP contribution is 2.55. The lowest BCUT2D eigenvalue weighted by atomic mass is 9.89. The summed E-state index contributed by atoms with van der Waals surface area (Å²) in [5.74, 6) is 1.01. The zero-order valence-electron chi connectivity index (χ0n) is 14.8. The van der Waals surface area contributed by atoms with Gasteiger partial charge < -0.3 is 4.74 Å². The Balaban J connectivity index is 1.38. The predicted octanol–water partition coefficient (Wildman–Crippen LogP) is 3.45. The van der Waals surface area contributed by atoms with Crippen LogP contribution in [0.25, 0.3) is 0 Å². The molecule has 1 aromatic rings. The molecule has 2 bridgehead atoms. The van der Waals surface area contributed by atoms with E-state index in [2.05, 4.69) is 23.0 Å². The lowest BCUT2D eigenvalue weighted by Gasteiger charge is -2.40. The minimum Gasteiger partial charge on any atom is -0.378 e. The molecule has 0 spiro atoms. The van der Waals surface area contributed by atoms with Crippen LogP contribution in [0.1, 0.15) is 75.0 Å². The van der Waals surface area contributed by atoms with Crippen molar-refractivity contribution in [3.8, 4) is 0 Å². The van der Waals surface area contributed by atoms with Gasteiger partial charge in [-0.15, -0.1) is 0 Å².